The molecule has 1 aliphatic rings. The zero-order chi connectivity index (χ0) is 23.0. The SMILES string of the molecule is O=C(NC(=S)NNC(=O)c1noc2c1COCC2)c1ccc(OCCc2ccccc2)cc1. The summed E-state index contributed by atoms with van der Waals surface area (Å²) < 4.78 is 16.2. The predicted molar refractivity (Wildman–Crippen MR) is 123 cm³/mol. The molecule has 3 aromatic rings. The van der Waals surface area contributed by atoms with Crippen molar-refractivity contribution in [2.45, 2.75) is 19.4 Å². The smallest absolute Gasteiger partial charge is 0.292 e. The van der Waals surface area contributed by atoms with Gasteiger partial charge in [0.1, 0.15) is 11.5 Å². The van der Waals surface area contributed by atoms with Crippen molar-refractivity contribution in [3.8, 4) is 5.75 Å². The monoisotopic (exact) mass is 466 g/mol. The summed E-state index contributed by atoms with van der Waals surface area (Å²) >= 11 is 5.08. The van der Waals surface area contributed by atoms with Crippen LogP contribution in [0.15, 0.2) is 59.1 Å². The Kier molecular flexibility index (Phi) is 7.28. The lowest BCUT2D eigenvalue weighted by Gasteiger charge is -2.12. The number of rotatable bonds is 6. The Morgan fingerprint density at radius 3 is 2.61 bits per heavy atom. The fourth-order valence-corrected chi connectivity index (χ4v) is 3.36. The molecule has 0 bridgehead atoms. The number of nitrogens with one attached hydrogen (secondary N) is 3. The molecule has 0 saturated heterocycles. The summed E-state index contributed by atoms with van der Waals surface area (Å²) in [4.78, 5) is 24.7. The first kappa shape index (κ1) is 22.4. The third-order valence-electron chi connectivity index (χ3n) is 4.94. The lowest BCUT2D eigenvalue weighted by atomic mass is 10.1. The number of amides is 2. The Balaban J connectivity index is 1.22. The number of carbonyl (C=O) groups is 2. The highest BCUT2D eigenvalue weighted by molar-refractivity contribution is 7.80. The number of thiocarbonyl (C=S) groups is 1. The van der Waals surface area contributed by atoms with E-state index in [4.69, 9.17) is 26.2 Å². The van der Waals surface area contributed by atoms with Gasteiger partial charge in [0.25, 0.3) is 11.8 Å². The lowest BCUT2D eigenvalue weighted by molar-refractivity contribution is 0.0910. The number of hydrogen-bond donors (Lipinski definition) is 3. The largest absolute Gasteiger partial charge is 0.493 e. The number of ether oxygens (including phenoxy) is 2. The number of nitrogens with zero attached hydrogens (tertiary/aromatic N) is 1. The third kappa shape index (κ3) is 5.93. The van der Waals surface area contributed by atoms with Crippen LogP contribution in [0.25, 0.3) is 0 Å². The zero-order valence-electron chi connectivity index (χ0n) is 17.6. The number of hydrogen-bond acceptors (Lipinski definition) is 7. The summed E-state index contributed by atoms with van der Waals surface area (Å²) in [6.45, 7) is 1.32. The molecular weight excluding hydrogens is 444 g/mol. The Hall–Kier alpha value is -3.76. The van der Waals surface area contributed by atoms with Crippen LogP contribution < -0.4 is 20.9 Å². The van der Waals surface area contributed by atoms with Crippen molar-refractivity contribution in [3.63, 3.8) is 0 Å². The van der Waals surface area contributed by atoms with Crippen molar-refractivity contribution in [3.05, 3.63) is 82.7 Å². The fraction of sp³-hybridized carbons (Fsp3) is 0.217. The van der Waals surface area contributed by atoms with Gasteiger partial charge in [-0.05, 0) is 42.0 Å². The first-order chi connectivity index (χ1) is 16.1. The highest BCUT2D eigenvalue weighted by Gasteiger charge is 2.24. The third-order valence-corrected chi connectivity index (χ3v) is 5.14. The molecule has 2 heterocycles. The van der Waals surface area contributed by atoms with Gasteiger partial charge in [0.2, 0.25) is 0 Å². The van der Waals surface area contributed by atoms with Crippen molar-refractivity contribution in [1.29, 1.82) is 0 Å². The quantitative estimate of drug-likeness (QED) is 0.375. The Morgan fingerprint density at radius 2 is 1.82 bits per heavy atom. The molecule has 9 nitrogen and oxygen atoms in total. The van der Waals surface area contributed by atoms with Gasteiger partial charge < -0.3 is 14.0 Å². The average molecular weight is 467 g/mol. The van der Waals surface area contributed by atoms with Gasteiger partial charge in [-0.3, -0.25) is 25.8 Å². The summed E-state index contributed by atoms with van der Waals surface area (Å²) in [5.41, 5.74) is 7.20. The molecule has 33 heavy (non-hydrogen) atoms. The van der Waals surface area contributed by atoms with Gasteiger partial charge in [-0.15, -0.1) is 0 Å². The van der Waals surface area contributed by atoms with Gasteiger partial charge in [-0.1, -0.05) is 35.5 Å². The molecule has 1 aromatic heterocycles. The molecule has 0 radical (unpaired) electrons. The zero-order valence-corrected chi connectivity index (χ0v) is 18.4. The van der Waals surface area contributed by atoms with E-state index < -0.39 is 11.8 Å². The van der Waals surface area contributed by atoms with Gasteiger partial charge in [0.15, 0.2) is 10.8 Å². The number of carbonyl (C=O) groups excluding carboxylic acids is 2. The molecule has 0 spiro atoms. The summed E-state index contributed by atoms with van der Waals surface area (Å²) in [6, 6.07) is 16.7. The molecule has 3 N–H and O–H groups in total. The van der Waals surface area contributed by atoms with E-state index in [2.05, 4.69) is 21.3 Å². The lowest BCUT2D eigenvalue weighted by Crippen LogP contribution is -2.48. The minimum atomic E-state index is -0.542. The second-order valence-electron chi connectivity index (χ2n) is 7.21. The van der Waals surface area contributed by atoms with Crippen LogP contribution in [0.1, 0.15) is 37.7 Å². The van der Waals surface area contributed by atoms with Crippen molar-refractivity contribution in [2.75, 3.05) is 13.2 Å². The van der Waals surface area contributed by atoms with E-state index in [0.717, 1.165) is 6.42 Å². The van der Waals surface area contributed by atoms with Crippen molar-refractivity contribution >= 4 is 29.1 Å². The standard InChI is InChI=1S/C23H22N4O5S/c28-21(16-6-8-17(9-7-16)31-13-10-15-4-2-1-3-5-15)24-23(33)26-25-22(29)20-18-14-30-12-11-19(18)32-27-20/h1-9H,10-14H2,(H,25,29)(H2,24,26,28,33). The van der Waals surface area contributed by atoms with Crippen LogP contribution in [0.2, 0.25) is 0 Å². The minimum Gasteiger partial charge on any atom is -0.493 e. The molecule has 4 rings (SSSR count). The van der Waals surface area contributed by atoms with Crippen LogP contribution in [-0.4, -0.2) is 35.3 Å². The molecule has 10 heteroatoms. The van der Waals surface area contributed by atoms with E-state index in [-0.39, 0.29) is 17.4 Å². The Labute approximate surface area is 195 Å². The maximum Gasteiger partial charge on any atom is 0.292 e. The number of benzene rings is 2. The van der Waals surface area contributed by atoms with E-state index >= 15 is 0 Å². The highest BCUT2D eigenvalue weighted by atomic mass is 32.1. The van der Waals surface area contributed by atoms with Crippen LogP contribution in [-0.2, 0) is 24.2 Å². The predicted octanol–water partition coefficient (Wildman–Crippen LogP) is 2.32. The normalized spacial score (nSPS) is 12.4. The molecule has 0 fully saturated rings. The van der Waals surface area contributed by atoms with Gasteiger partial charge in [0.05, 0.1) is 25.4 Å². The first-order valence-corrected chi connectivity index (χ1v) is 10.7. The highest BCUT2D eigenvalue weighted by Crippen LogP contribution is 2.20. The Morgan fingerprint density at radius 1 is 1.03 bits per heavy atom. The molecule has 2 aromatic carbocycles. The van der Waals surface area contributed by atoms with Crippen LogP contribution in [0, 0.1) is 0 Å². The summed E-state index contributed by atoms with van der Waals surface area (Å²) in [5.74, 6) is 0.328. The molecule has 0 atom stereocenters. The van der Waals surface area contributed by atoms with E-state index in [1.165, 1.54) is 5.56 Å². The molecule has 0 saturated carbocycles. The van der Waals surface area contributed by atoms with Gasteiger partial charge in [-0.2, -0.15) is 0 Å². The van der Waals surface area contributed by atoms with E-state index in [1.807, 2.05) is 30.3 Å². The second kappa shape index (κ2) is 10.7. The first-order valence-electron chi connectivity index (χ1n) is 10.3. The van der Waals surface area contributed by atoms with Crippen LogP contribution in [0.4, 0.5) is 0 Å². The van der Waals surface area contributed by atoms with Crippen LogP contribution >= 0.6 is 12.2 Å². The van der Waals surface area contributed by atoms with Gasteiger partial charge in [-0.25, -0.2) is 0 Å². The maximum absolute atomic E-state index is 12.4. The molecule has 0 unspecified atom stereocenters. The number of hydrazine groups is 1. The number of aromatic nitrogens is 1. The molecular formula is C23H22N4O5S. The Bertz CT molecular complexity index is 1130. The van der Waals surface area contributed by atoms with E-state index in [1.54, 1.807) is 24.3 Å². The average Bonchev–Trinajstić information content (AvgIpc) is 3.28. The number of fused-ring (bicyclic) bond motifs is 1. The molecule has 170 valence electrons. The summed E-state index contributed by atoms with van der Waals surface area (Å²) in [6.07, 6.45) is 1.35. The van der Waals surface area contributed by atoms with Crippen molar-refractivity contribution in [1.82, 2.24) is 21.3 Å². The fourth-order valence-electron chi connectivity index (χ4n) is 3.22. The second-order valence-corrected chi connectivity index (χ2v) is 7.61. The van der Waals surface area contributed by atoms with Gasteiger partial charge in [0, 0.05) is 18.4 Å². The van der Waals surface area contributed by atoms with E-state index in [0.29, 0.717) is 42.3 Å². The van der Waals surface area contributed by atoms with Crippen LogP contribution in [0.3, 0.4) is 0 Å². The topological polar surface area (TPSA) is 115 Å². The summed E-state index contributed by atoms with van der Waals surface area (Å²) in [7, 11) is 0. The summed E-state index contributed by atoms with van der Waals surface area (Å²) in [5, 5.41) is 6.22. The van der Waals surface area contributed by atoms with E-state index in [9.17, 15) is 9.59 Å². The minimum absolute atomic E-state index is 0.0647. The molecule has 0 aliphatic carbocycles. The molecule has 2 amide bonds. The van der Waals surface area contributed by atoms with Crippen molar-refractivity contribution in [2.24, 2.45) is 0 Å². The van der Waals surface area contributed by atoms with Crippen molar-refractivity contribution < 1.29 is 23.6 Å². The molecule has 1 aliphatic heterocycles. The van der Waals surface area contributed by atoms with Gasteiger partial charge >= 0.3 is 0 Å². The van der Waals surface area contributed by atoms with Crippen LogP contribution in [0.5, 0.6) is 5.75 Å². The maximum atomic E-state index is 12.4.